The second-order valence-corrected chi connectivity index (χ2v) is 6.56. The number of rotatable bonds is 3. The van der Waals surface area contributed by atoms with Crippen molar-refractivity contribution in [3.8, 4) is 0 Å². The zero-order valence-corrected chi connectivity index (χ0v) is 13.0. The van der Waals surface area contributed by atoms with Crippen LogP contribution in [-0.4, -0.2) is 34.2 Å². The maximum atomic E-state index is 5.50. The molecule has 0 atom stereocenters. The second kappa shape index (κ2) is 6.24. The molecule has 2 N–H and O–H groups in total. The summed E-state index contributed by atoms with van der Waals surface area (Å²) in [4.78, 5) is 12.3. The Balaban J connectivity index is 1.66. The standard InChI is InChI=1S/C17H24N4O/c1-2-4-13(5-3-1)21-17-15-14(12-6-8-22-9-7-12)10-18-16(15)19-11-20-17/h10-13H,1-9H2,(H2,18,19,20,21). The van der Waals surface area contributed by atoms with E-state index in [1.54, 1.807) is 6.33 Å². The first-order valence-electron chi connectivity index (χ1n) is 8.58. The first kappa shape index (κ1) is 14.0. The molecule has 1 aliphatic heterocycles. The van der Waals surface area contributed by atoms with Gasteiger partial charge in [0.25, 0.3) is 0 Å². The fourth-order valence-corrected chi connectivity index (χ4v) is 3.87. The van der Waals surface area contributed by atoms with Crippen molar-refractivity contribution in [2.24, 2.45) is 0 Å². The minimum atomic E-state index is 0.556. The zero-order valence-electron chi connectivity index (χ0n) is 13.0. The SMILES string of the molecule is c1nc(NC2CCCCC2)c2c(C3CCOCC3)c[nH]c2n1. The summed E-state index contributed by atoms with van der Waals surface area (Å²) in [6.45, 7) is 1.72. The first-order chi connectivity index (χ1) is 10.9. The molecule has 2 aliphatic rings. The van der Waals surface area contributed by atoms with Gasteiger partial charge in [0.15, 0.2) is 0 Å². The van der Waals surface area contributed by atoms with E-state index in [1.165, 1.54) is 43.1 Å². The van der Waals surface area contributed by atoms with Crippen LogP contribution in [0.1, 0.15) is 56.4 Å². The minimum absolute atomic E-state index is 0.556. The average Bonchev–Trinajstić information content (AvgIpc) is 3.02. The molecule has 0 amide bonds. The summed E-state index contributed by atoms with van der Waals surface area (Å²) in [5.41, 5.74) is 2.31. The molecular formula is C17H24N4O. The van der Waals surface area contributed by atoms with Gasteiger partial charge in [0.05, 0.1) is 5.39 Å². The summed E-state index contributed by atoms with van der Waals surface area (Å²) in [5.74, 6) is 1.57. The van der Waals surface area contributed by atoms with Gasteiger partial charge in [-0.1, -0.05) is 19.3 Å². The van der Waals surface area contributed by atoms with Crippen molar-refractivity contribution in [3.05, 3.63) is 18.1 Å². The third-order valence-corrected chi connectivity index (χ3v) is 5.11. The van der Waals surface area contributed by atoms with Crippen LogP contribution in [-0.2, 0) is 4.74 Å². The smallest absolute Gasteiger partial charge is 0.143 e. The van der Waals surface area contributed by atoms with Gasteiger partial charge in [-0.15, -0.1) is 0 Å². The Morgan fingerprint density at radius 1 is 1.05 bits per heavy atom. The highest BCUT2D eigenvalue weighted by atomic mass is 16.5. The highest BCUT2D eigenvalue weighted by Gasteiger charge is 2.23. The van der Waals surface area contributed by atoms with E-state index in [4.69, 9.17) is 4.74 Å². The van der Waals surface area contributed by atoms with Gasteiger partial charge in [0.1, 0.15) is 17.8 Å². The van der Waals surface area contributed by atoms with Crippen molar-refractivity contribution >= 4 is 16.9 Å². The fraction of sp³-hybridized carbons (Fsp3) is 0.647. The van der Waals surface area contributed by atoms with E-state index in [0.717, 1.165) is 37.5 Å². The van der Waals surface area contributed by atoms with Crippen molar-refractivity contribution in [3.63, 3.8) is 0 Å². The lowest BCUT2D eigenvalue weighted by molar-refractivity contribution is 0.0856. The summed E-state index contributed by atoms with van der Waals surface area (Å²) in [7, 11) is 0. The van der Waals surface area contributed by atoms with E-state index < -0.39 is 0 Å². The summed E-state index contributed by atoms with van der Waals surface area (Å²) in [6.07, 6.45) is 12.5. The molecule has 0 aromatic carbocycles. The van der Waals surface area contributed by atoms with Crippen molar-refractivity contribution in [1.82, 2.24) is 15.0 Å². The molecule has 2 fully saturated rings. The number of fused-ring (bicyclic) bond motifs is 1. The Hall–Kier alpha value is -1.62. The molecule has 0 unspecified atom stereocenters. The Kier molecular flexibility index (Phi) is 3.97. The van der Waals surface area contributed by atoms with Crippen LogP contribution in [0.3, 0.4) is 0 Å². The topological polar surface area (TPSA) is 62.8 Å². The molecule has 0 radical (unpaired) electrons. The van der Waals surface area contributed by atoms with E-state index in [2.05, 4.69) is 26.5 Å². The van der Waals surface area contributed by atoms with Gasteiger partial charge in [-0.3, -0.25) is 0 Å². The third-order valence-electron chi connectivity index (χ3n) is 5.11. The third kappa shape index (κ3) is 2.70. The van der Waals surface area contributed by atoms with Crippen molar-refractivity contribution < 1.29 is 4.74 Å². The summed E-state index contributed by atoms with van der Waals surface area (Å²) in [5, 5.41) is 4.88. The van der Waals surface area contributed by atoms with E-state index in [-0.39, 0.29) is 0 Å². The second-order valence-electron chi connectivity index (χ2n) is 6.56. The number of ether oxygens (including phenoxy) is 1. The largest absolute Gasteiger partial charge is 0.381 e. The van der Waals surface area contributed by atoms with Crippen LogP contribution >= 0.6 is 0 Å². The predicted molar refractivity (Wildman–Crippen MR) is 87.2 cm³/mol. The van der Waals surface area contributed by atoms with Crippen LogP contribution in [0.5, 0.6) is 0 Å². The van der Waals surface area contributed by atoms with Gasteiger partial charge in [-0.2, -0.15) is 0 Å². The number of hydrogen-bond donors (Lipinski definition) is 2. The van der Waals surface area contributed by atoms with E-state index in [9.17, 15) is 0 Å². The molecule has 2 aromatic rings. The van der Waals surface area contributed by atoms with Crippen molar-refractivity contribution in [1.29, 1.82) is 0 Å². The summed E-state index contributed by atoms with van der Waals surface area (Å²) >= 11 is 0. The number of aromatic amines is 1. The van der Waals surface area contributed by atoms with Crippen LogP contribution in [0.2, 0.25) is 0 Å². The Morgan fingerprint density at radius 2 is 1.86 bits per heavy atom. The lowest BCUT2D eigenvalue weighted by atomic mass is 9.91. The number of hydrogen-bond acceptors (Lipinski definition) is 4. The Labute approximate surface area is 130 Å². The summed E-state index contributed by atoms with van der Waals surface area (Å²) < 4.78 is 5.50. The van der Waals surface area contributed by atoms with Crippen LogP contribution in [0.4, 0.5) is 5.82 Å². The molecule has 22 heavy (non-hydrogen) atoms. The van der Waals surface area contributed by atoms with E-state index in [0.29, 0.717) is 12.0 Å². The number of nitrogens with one attached hydrogen (secondary N) is 2. The monoisotopic (exact) mass is 300 g/mol. The van der Waals surface area contributed by atoms with Gasteiger partial charge in [-0.25, -0.2) is 9.97 Å². The Bertz CT molecular complexity index is 627. The molecule has 2 aromatic heterocycles. The highest BCUT2D eigenvalue weighted by Crippen LogP contribution is 2.35. The van der Waals surface area contributed by atoms with Crippen molar-refractivity contribution in [2.75, 3.05) is 18.5 Å². The van der Waals surface area contributed by atoms with Crippen molar-refractivity contribution in [2.45, 2.75) is 56.9 Å². The highest BCUT2D eigenvalue weighted by molar-refractivity contribution is 5.90. The van der Waals surface area contributed by atoms with Gasteiger partial charge in [0, 0.05) is 25.5 Å². The number of H-pyrrole nitrogens is 1. The predicted octanol–water partition coefficient (Wildman–Crippen LogP) is 3.60. The number of nitrogens with zero attached hydrogens (tertiary/aromatic N) is 2. The molecule has 3 heterocycles. The Morgan fingerprint density at radius 3 is 2.68 bits per heavy atom. The quantitative estimate of drug-likeness (QED) is 0.909. The van der Waals surface area contributed by atoms with Crippen LogP contribution in [0.25, 0.3) is 11.0 Å². The average molecular weight is 300 g/mol. The van der Waals surface area contributed by atoms with Crippen LogP contribution in [0, 0.1) is 0 Å². The fourth-order valence-electron chi connectivity index (χ4n) is 3.87. The molecule has 118 valence electrons. The molecular weight excluding hydrogens is 276 g/mol. The minimum Gasteiger partial charge on any atom is -0.381 e. The van der Waals surface area contributed by atoms with Crippen LogP contribution in [0.15, 0.2) is 12.5 Å². The van der Waals surface area contributed by atoms with Crippen LogP contribution < -0.4 is 5.32 Å². The lowest BCUT2D eigenvalue weighted by Gasteiger charge is -2.25. The van der Waals surface area contributed by atoms with Gasteiger partial charge < -0.3 is 15.0 Å². The molecule has 0 spiro atoms. The summed E-state index contributed by atoms with van der Waals surface area (Å²) in [6, 6.07) is 0.560. The van der Waals surface area contributed by atoms with Gasteiger partial charge in [0.2, 0.25) is 0 Å². The first-order valence-corrected chi connectivity index (χ1v) is 8.58. The maximum Gasteiger partial charge on any atom is 0.143 e. The molecule has 5 nitrogen and oxygen atoms in total. The molecule has 4 rings (SSSR count). The molecule has 1 saturated carbocycles. The number of aromatic nitrogens is 3. The maximum absolute atomic E-state index is 5.50. The molecule has 5 heteroatoms. The lowest BCUT2D eigenvalue weighted by Crippen LogP contribution is -2.23. The van der Waals surface area contributed by atoms with E-state index in [1.807, 2.05) is 0 Å². The van der Waals surface area contributed by atoms with E-state index >= 15 is 0 Å². The van der Waals surface area contributed by atoms with Gasteiger partial charge in [-0.05, 0) is 37.2 Å². The molecule has 1 saturated heterocycles. The normalized spacial score (nSPS) is 21.3. The molecule has 1 aliphatic carbocycles. The van der Waals surface area contributed by atoms with Gasteiger partial charge >= 0.3 is 0 Å². The number of anilines is 1. The zero-order chi connectivity index (χ0) is 14.8. The molecule has 0 bridgehead atoms.